The Balaban J connectivity index is 3.36. The van der Waals surface area contributed by atoms with E-state index in [9.17, 15) is 0 Å². The summed E-state index contributed by atoms with van der Waals surface area (Å²) in [5.41, 5.74) is 0. The normalized spacial score (nSPS) is 11.1. The Bertz CT molecular complexity index is 284. The van der Waals surface area contributed by atoms with Crippen LogP contribution in [-0.2, 0) is 0 Å². The molecule has 0 heterocycles. The van der Waals surface area contributed by atoms with E-state index in [0.29, 0.717) is 0 Å². The molecular formula is C17H28O. The first-order chi connectivity index (χ1) is 8.81. The van der Waals surface area contributed by atoms with Crippen molar-refractivity contribution in [3.05, 3.63) is 0 Å². The highest BCUT2D eigenvalue weighted by atomic mass is 16.2. The highest BCUT2D eigenvalue weighted by molar-refractivity contribution is 5.25. The van der Waals surface area contributed by atoms with Crippen LogP contribution in [0.4, 0.5) is 0 Å². The van der Waals surface area contributed by atoms with Crippen LogP contribution in [0, 0.1) is 29.6 Å². The fraction of sp³-hybridized carbons (Fsp3) is 0.765. The van der Waals surface area contributed by atoms with Crippen molar-refractivity contribution in [3.63, 3.8) is 0 Å². The molecule has 1 N–H and O–H groups in total. The maximum absolute atomic E-state index is 8.44. The largest absolute Gasteiger partial charge is 0.384 e. The first-order valence-electron chi connectivity index (χ1n) is 7.37. The Morgan fingerprint density at radius 1 is 0.889 bits per heavy atom. The number of aliphatic hydroxyl groups is 1. The summed E-state index contributed by atoms with van der Waals surface area (Å²) >= 11 is 0. The summed E-state index contributed by atoms with van der Waals surface area (Å²) in [5.74, 6) is 11.7. The third-order valence-electron chi connectivity index (χ3n) is 3.13. The van der Waals surface area contributed by atoms with E-state index in [2.05, 4.69) is 37.5 Å². The Morgan fingerprint density at radius 2 is 1.56 bits per heavy atom. The fourth-order valence-corrected chi connectivity index (χ4v) is 1.93. The molecule has 18 heavy (non-hydrogen) atoms. The van der Waals surface area contributed by atoms with Gasteiger partial charge in [0.05, 0.1) is 0 Å². The smallest absolute Gasteiger partial charge is 0.105 e. The van der Waals surface area contributed by atoms with E-state index < -0.39 is 0 Å². The molecule has 0 fully saturated rings. The van der Waals surface area contributed by atoms with Crippen LogP contribution in [0.3, 0.4) is 0 Å². The third kappa shape index (κ3) is 13.1. The highest BCUT2D eigenvalue weighted by Gasteiger charge is 2.00. The van der Waals surface area contributed by atoms with Gasteiger partial charge >= 0.3 is 0 Å². The van der Waals surface area contributed by atoms with Gasteiger partial charge in [-0.2, -0.15) is 0 Å². The summed E-state index contributed by atoms with van der Waals surface area (Å²) < 4.78 is 0. The standard InChI is InChI=1S/C17H28O/c1-3-4-5-6-8-11-14-17(2)15-12-9-7-10-13-16-18/h17-18H,3-6,8,11-12,14-16H2,1-2H3/t17-/m0/s1. The molecule has 0 rings (SSSR count). The minimum atomic E-state index is -0.0941. The Morgan fingerprint density at radius 3 is 2.28 bits per heavy atom. The quantitative estimate of drug-likeness (QED) is 0.480. The summed E-state index contributed by atoms with van der Waals surface area (Å²) in [6, 6.07) is 0. The lowest BCUT2D eigenvalue weighted by Gasteiger charge is -2.08. The van der Waals surface area contributed by atoms with Gasteiger partial charge in [-0.15, -0.1) is 0 Å². The molecule has 1 nitrogen and oxygen atoms in total. The van der Waals surface area contributed by atoms with Crippen molar-refractivity contribution >= 4 is 0 Å². The number of unbranched alkanes of at least 4 members (excludes halogenated alkanes) is 5. The number of hydrogen-bond acceptors (Lipinski definition) is 1. The second-order valence-electron chi connectivity index (χ2n) is 4.96. The van der Waals surface area contributed by atoms with Crippen LogP contribution in [-0.4, -0.2) is 11.7 Å². The molecule has 1 atom stereocenters. The van der Waals surface area contributed by atoms with E-state index in [4.69, 9.17) is 5.11 Å². The van der Waals surface area contributed by atoms with Crippen LogP contribution in [0.1, 0.15) is 71.6 Å². The van der Waals surface area contributed by atoms with Gasteiger partial charge in [0.2, 0.25) is 0 Å². The van der Waals surface area contributed by atoms with Gasteiger partial charge in [-0.1, -0.05) is 70.6 Å². The van der Waals surface area contributed by atoms with E-state index >= 15 is 0 Å². The van der Waals surface area contributed by atoms with Crippen LogP contribution in [0.25, 0.3) is 0 Å². The minimum Gasteiger partial charge on any atom is -0.384 e. The molecule has 0 saturated heterocycles. The lowest BCUT2D eigenvalue weighted by atomic mass is 9.98. The zero-order valence-electron chi connectivity index (χ0n) is 12.1. The van der Waals surface area contributed by atoms with Crippen molar-refractivity contribution in [1.29, 1.82) is 0 Å². The Labute approximate surface area is 113 Å². The van der Waals surface area contributed by atoms with Gasteiger partial charge in [0, 0.05) is 6.42 Å². The molecule has 0 aromatic rings. The molecule has 0 bridgehead atoms. The van der Waals surface area contributed by atoms with Crippen LogP contribution < -0.4 is 0 Å². The molecule has 0 aromatic carbocycles. The number of rotatable bonds is 9. The summed E-state index contributed by atoms with van der Waals surface area (Å²) in [6.07, 6.45) is 11.7. The van der Waals surface area contributed by atoms with E-state index in [-0.39, 0.29) is 6.61 Å². The van der Waals surface area contributed by atoms with Crippen LogP contribution in [0.2, 0.25) is 0 Å². The summed E-state index contributed by atoms with van der Waals surface area (Å²) in [5, 5.41) is 8.44. The Hall–Kier alpha value is -0.920. The van der Waals surface area contributed by atoms with Gasteiger partial charge in [-0.25, -0.2) is 0 Å². The molecule has 102 valence electrons. The van der Waals surface area contributed by atoms with E-state index in [1.807, 2.05) is 0 Å². The topological polar surface area (TPSA) is 20.2 Å². The van der Waals surface area contributed by atoms with Gasteiger partial charge < -0.3 is 5.11 Å². The van der Waals surface area contributed by atoms with Crippen LogP contribution >= 0.6 is 0 Å². The summed E-state index contributed by atoms with van der Waals surface area (Å²) in [4.78, 5) is 0. The van der Waals surface area contributed by atoms with Gasteiger partial charge in [0.15, 0.2) is 0 Å². The monoisotopic (exact) mass is 248 g/mol. The van der Waals surface area contributed by atoms with Crippen molar-refractivity contribution in [2.45, 2.75) is 71.6 Å². The highest BCUT2D eigenvalue weighted by Crippen LogP contribution is 2.15. The fourth-order valence-electron chi connectivity index (χ4n) is 1.93. The molecule has 0 aliphatic carbocycles. The van der Waals surface area contributed by atoms with Crippen molar-refractivity contribution in [2.24, 2.45) is 5.92 Å². The molecule has 1 heteroatoms. The Kier molecular flexibility index (Phi) is 13.4. The molecule has 0 aliphatic rings. The SMILES string of the molecule is CCCCCCCC[C@H](C)CCC#CC#CCO. The average Bonchev–Trinajstić information content (AvgIpc) is 2.38. The second kappa shape index (κ2) is 14.1. The summed E-state index contributed by atoms with van der Waals surface area (Å²) in [7, 11) is 0. The summed E-state index contributed by atoms with van der Waals surface area (Å²) in [6.45, 7) is 4.48. The van der Waals surface area contributed by atoms with Gasteiger partial charge in [-0.3, -0.25) is 0 Å². The van der Waals surface area contributed by atoms with Crippen molar-refractivity contribution in [2.75, 3.05) is 6.61 Å². The second-order valence-corrected chi connectivity index (χ2v) is 4.96. The number of hydrogen-bond donors (Lipinski definition) is 1. The first-order valence-corrected chi connectivity index (χ1v) is 7.37. The van der Waals surface area contributed by atoms with Crippen molar-refractivity contribution < 1.29 is 5.11 Å². The van der Waals surface area contributed by atoms with Crippen LogP contribution in [0.5, 0.6) is 0 Å². The molecule has 0 amide bonds. The zero-order valence-corrected chi connectivity index (χ0v) is 12.1. The minimum absolute atomic E-state index is 0.0941. The van der Waals surface area contributed by atoms with E-state index in [1.165, 1.54) is 51.4 Å². The average molecular weight is 248 g/mol. The van der Waals surface area contributed by atoms with Gasteiger partial charge in [0.1, 0.15) is 6.61 Å². The van der Waals surface area contributed by atoms with Crippen molar-refractivity contribution in [3.8, 4) is 23.7 Å². The predicted molar refractivity (Wildman–Crippen MR) is 79.0 cm³/mol. The molecule has 0 radical (unpaired) electrons. The number of aliphatic hydroxyl groups excluding tert-OH is 1. The lowest BCUT2D eigenvalue weighted by molar-refractivity contribution is 0.350. The van der Waals surface area contributed by atoms with Gasteiger partial charge in [0.25, 0.3) is 0 Å². The maximum atomic E-state index is 8.44. The lowest BCUT2D eigenvalue weighted by Crippen LogP contribution is -1.94. The molecule has 0 aromatic heterocycles. The third-order valence-corrected chi connectivity index (χ3v) is 3.13. The van der Waals surface area contributed by atoms with Crippen molar-refractivity contribution in [1.82, 2.24) is 0 Å². The molecule has 0 aliphatic heterocycles. The molecular weight excluding hydrogens is 220 g/mol. The molecule has 0 unspecified atom stereocenters. The zero-order chi connectivity index (χ0) is 13.5. The molecule has 0 spiro atoms. The predicted octanol–water partition coefficient (Wildman–Crippen LogP) is 4.15. The maximum Gasteiger partial charge on any atom is 0.105 e. The molecule has 0 saturated carbocycles. The van der Waals surface area contributed by atoms with E-state index in [0.717, 1.165) is 12.3 Å². The van der Waals surface area contributed by atoms with Crippen LogP contribution in [0.15, 0.2) is 0 Å². The van der Waals surface area contributed by atoms with Gasteiger partial charge in [-0.05, 0) is 24.2 Å². The van der Waals surface area contributed by atoms with E-state index in [1.54, 1.807) is 0 Å². The first kappa shape index (κ1) is 17.1.